The maximum Gasteiger partial charge on any atom is 0.298 e. The molecule has 0 atom stereocenters. The van der Waals surface area contributed by atoms with Gasteiger partial charge in [0.05, 0.1) is 37.7 Å². The van der Waals surface area contributed by atoms with Crippen molar-refractivity contribution in [1.29, 1.82) is 0 Å². The molecule has 7 aromatic carbocycles. The number of fused-ring (bicyclic) bond motifs is 2. The smallest absolute Gasteiger partial charge is 0.298 e. The number of nitrogen functional groups attached to an aromatic ring is 1. The molecule has 7 aromatic rings. The van der Waals surface area contributed by atoms with Gasteiger partial charge in [0.2, 0.25) is 0 Å². The van der Waals surface area contributed by atoms with Gasteiger partial charge in [0.1, 0.15) is 42.3 Å². The van der Waals surface area contributed by atoms with E-state index in [-0.39, 0.29) is 39.2 Å². The summed E-state index contributed by atoms with van der Waals surface area (Å²) in [7, 11) is -20.8. The van der Waals surface area contributed by atoms with Crippen molar-refractivity contribution in [3.63, 3.8) is 0 Å². The molecule has 8 N–H and O–H groups in total. The monoisotopic (exact) mass is 1050 g/mol. The molecule has 7 rings (SSSR count). The highest BCUT2D eigenvalue weighted by Crippen LogP contribution is 2.50. The lowest BCUT2D eigenvalue weighted by Crippen LogP contribution is -2.04. The van der Waals surface area contributed by atoms with Gasteiger partial charge < -0.3 is 15.9 Å². The first-order valence-electron chi connectivity index (χ1n) is 18.8. The molecule has 0 aliphatic carbocycles. The Labute approximate surface area is 396 Å². The molecular weight excluding hydrogens is 1030 g/mol. The Morgan fingerprint density at radius 3 is 1.55 bits per heavy atom. The highest BCUT2D eigenvalue weighted by molar-refractivity contribution is 7.86. The fraction of sp³-hybridized carbons (Fsp3) is 0. The van der Waals surface area contributed by atoms with Gasteiger partial charge in [-0.05, 0) is 66.7 Å². The number of azo groups is 4. The first kappa shape index (κ1) is 50.2. The van der Waals surface area contributed by atoms with Crippen LogP contribution < -0.4 is 5.73 Å². The second-order valence-corrected chi connectivity index (χ2v) is 19.7. The van der Waals surface area contributed by atoms with Crippen molar-refractivity contribution in [2.45, 2.75) is 19.6 Å². The van der Waals surface area contributed by atoms with E-state index in [1.54, 1.807) is 0 Å². The Hall–Kier alpha value is -8.70. The zero-order valence-electron chi connectivity index (χ0n) is 34.6. The van der Waals surface area contributed by atoms with Crippen LogP contribution in [0.4, 0.5) is 62.6 Å². The average Bonchev–Trinajstić information content (AvgIpc) is 3.28. The maximum atomic E-state index is 12.8. The minimum Gasteiger partial charge on any atom is -0.505 e. The fourth-order valence-electron chi connectivity index (χ4n) is 6.52. The van der Waals surface area contributed by atoms with Crippen molar-refractivity contribution in [2.24, 2.45) is 40.9 Å². The van der Waals surface area contributed by atoms with E-state index in [2.05, 4.69) is 40.9 Å². The number of aromatic hydroxyl groups is 2. The first-order valence-corrected chi connectivity index (χ1v) is 24.5. The summed E-state index contributed by atoms with van der Waals surface area (Å²) in [6.45, 7) is 0. The minimum absolute atomic E-state index is 0.0416. The van der Waals surface area contributed by atoms with Crippen molar-refractivity contribution in [1.82, 2.24) is 0 Å². The lowest BCUT2D eigenvalue weighted by molar-refractivity contribution is -0.384. The van der Waals surface area contributed by atoms with Gasteiger partial charge in [-0.1, -0.05) is 24.3 Å². The number of nitro benzene ring substituents is 2. The Morgan fingerprint density at radius 2 is 0.915 bits per heavy atom. The van der Waals surface area contributed by atoms with E-state index in [0.29, 0.717) is 30.3 Å². The Balaban J connectivity index is 1.45. The van der Waals surface area contributed by atoms with Crippen molar-refractivity contribution in [3.8, 4) is 11.5 Å². The zero-order valence-corrected chi connectivity index (χ0v) is 37.8. The van der Waals surface area contributed by atoms with Crippen LogP contribution in [0.5, 0.6) is 11.5 Å². The van der Waals surface area contributed by atoms with Crippen molar-refractivity contribution < 1.29 is 71.9 Å². The first-order chi connectivity index (χ1) is 33.2. The number of benzene rings is 7. The van der Waals surface area contributed by atoms with Crippen LogP contribution in [0.2, 0.25) is 0 Å². The predicted molar refractivity (Wildman–Crippen MR) is 244 cm³/mol. The third-order valence-corrected chi connectivity index (χ3v) is 13.2. The van der Waals surface area contributed by atoms with Crippen LogP contribution in [-0.4, -0.2) is 71.9 Å². The second kappa shape index (κ2) is 18.7. The molecule has 0 fully saturated rings. The molecule has 0 aromatic heterocycles. The zero-order chi connectivity index (χ0) is 52.0. The number of nitrogens with two attached hydrogens (primary N) is 1. The third kappa shape index (κ3) is 10.4. The largest absolute Gasteiger partial charge is 0.505 e. The van der Waals surface area contributed by atoms with E-state index in [0.717, 1.165) is 18.2 Å². The van der Waals surface area contributed by atoms with Gasteiger partial charge in [-0.2, -0.15) is 33.7 Å². The topological polar surface area (TPSA) is 469 Å². The molecule has 0 aliphatic heterocycles. The van der Waals surface area contributed by atoms with Crippen LogP contribution in [0.1, 0.15) is 0 Å². The van der Waals surface area contributed by atoms with Crippen molar-refractivity contribution in [3.05, 3.63) is 123 Å². The summed E-state index contributed by atoms with van der Waals surface area (Å²) >= 11 is 0. The third-order valence-electron chi connectivity index (χ3n) is 9.68. The number of phenolic OH excluding ortho intramolecular Hbond substituents is 2. The van der Waals surface area contributed by atoms with Gasteiger partial charge in [0.15, 0.2) is 22.9 Å². The quantitative estimate of drug-likeness (QED) is 0.0175. The van der Waals surface area contributed by atoms with E-state index in [1.165, 1.54) is 54.6 Å². The molecule has 71 heavy (non-hydrogen) atoms. The normalized spacial score (nSPS) is 12.8. The Morgan fingerprint density at radius 1 is 0.423 bits per heavy atom. The Bertz CT molecular complexity index is 4060. The number of rotatable bonds is 14. The molecule has 33 heteroatoms. The van der Waals surface area contributed by atoms with E-state index >= 15 is 0 Å². The van der Waals surface area contributed by atoms with Crippen LogP contribution in [0.25, 0.3) is 21.5 Å². The number of para-hydroxylation sites is 1. The lowest BCUT2D eigenvalue weighted by Gasteiger charge is -2.14. The highest BCUT2D eigenvalue weighted by atomic mass is 32.2. The van der Waals surface area contributed by atoms with E-state index in [9.17, 15) is 82.3 Å². The maximum absolute atomic E-state index is 12.8. The molecule has 0 radical (unpaired) electrons. The van der Waals surface area contributed by atoms with E-state index < -0.39 is 126 Å². The number of anilines is 1. The molecule has 0 amide bonds. The summed E-state index contributed by atoms with van der Waals surface area (Å²) in [5.74, 6) is -2.16. The van der Waals surface area contributed by atoms with Crippen LogP contribution >= 0.6 is 0 Å². The summed E-state index contributed by atoms with van der Waals surface area (Å²) in [5.41, 5.74) is -0.130. The van der Waals surface area contributed by atoms with Gasteiger partial charge >= 0.3 is 0 Å². The second-order valence-electron chi connectivity index (χ2n) is 14.1. The van der Waals surface area contributed by atoms with Gasteiger partial charge in [-0.3, -0.25) is 38.4 Å². The number of nitro groups is 2. The van der Waals surface area contributed by atoms with Crippen molar-refractivity contribution in [2.75, 3.05) is 5.73 Å². The van der Waals surface area contributed by atoms with Crippen LogP contribution in [0, 0.1) is 20.2 Å². The SMILES string of the molecule is Nc1c(N=Nc2ccc(N=Nc3ccccc3S(=O)(=O)O)c3ccc(N=Nc4ccccc4[N+](=O)[O-])c(O)c23)cc(S(=O)(=O)O)c2cc(S(=O)(=O)O)c(N=Nc3ccc(S(=O)(=O)O)cc3[N+](=O)[O-])c(O)c12. The predicted octanol–water partition coefficient (Wildman–Crippen LogP) is 9.45. The van der Waals surface area contributed by atoms with Crippen LogP contribution in [0.15, 0.2) is 164 Å². The number of hydrogen-bond donors (Lipinski definition) is 7. The van der Waals surface area contributed by atoms with Crippen LogP contribution in [0.3, 0.4) is 0 Å². The molecule has 0 saturated carbocycles. The molecule has 0 unspecified atom stereocenters. The molecule has 0 saturated heterocycles. The van der Waals surface area contributed by atoms with Gasteiger partial charge in [-0.15, -0.1) is 40.9 Å². The summed E-state index contributed by atoms with van der Waals surface area (Å²) in [6.07, 6.45) is 0. The number of phenols is 2. The van der Waals surface area contributed by atoms with Gasteiger partial charge in [0.25, 0.3) is 51.8 Å². The number of nitrogens with zero attached hydrogens (tertiary/aromatic N) is 10. The number of hydrogen-bond acceptors (Lipinski definition) is 23. The summed E-state index contributed by atoms with van der Waals surface area (Å²) < 4.78 is 138. The van der Waals surface area contributed by atoms with Crippen LogP contribution in [-0.2, 0) is 40.5 Å². The summed E-state index contributed by atoms with van der Waals surface area (Å²) in [4.78, 5) is 17.3. The summed E-state index contributed by atoms with van der Waals surface area (Å²) in [5, 5.41) is 75.4. The molecular formula is C38H25N11O18S4. The molecule has 0 heterocycles. The van der Waals surface area contributed by atoms with Gasteiger partial charge in [0, 0.05) is 22.9 Å². The standard InChI is InChI=1S/C38H25N11O18S4/c39-35-27(17-31(70(62,63)64)20-16-32(71(65,66)67)36(38(51)34(20)35)47-42-23-11-9-18(68(56,57)58)15-29(23)49(54)55)46-44-25-14-13-21(40-43-24-6-2-4-8-30(24)69(59,60)61)19-10-12-26(37(50)33(19)25)45-41-22-5-1-3-7-28(22)48(52)53/h1-17,50-51H,39H2,(H,56,57,58)(H,59,60,61)(H,62,63,64)(H,65,66,67). The Kier molecular flexibility index (Phi) is 13.2. The highest BCUT2D eigenvalue weighted by Gasteiger charge is 2.29. The molecule has 0 aliphatic rings. The van der Waals surface area contributed by atoms with E-state index in [4.69, 9.17) is 5.73 Å². The lowest BCUT2D eigenvalue weighted by atomic mass is 10.0. The average molecular weight is 1050 g/mol. The van der Waals surface area contributed by atoms with Gasteiger partial charge in [-0.25, -0.2) is 0 Å². The fourth-order valence-corrected chi connectivity index (χ4v) is 8.99. The summed E-state index contributed by atoms with van der Waals surface area (Å²) in [6, 6.07) is 17.5. The molecule has 0 spiro atoms. The molecule has 0 bridgehead atoms. The minimum atomic E-state index is -5.56. The molecule has 364 valence electrons. The molecule has 29 nitrogen and oxygen atoms in total. The van der Waals surface area contributed by atoms with Crippen molar-refractivity contribution >= 4 is 125 Å². The van der Waals surface area contributed by atoms with E-state index in [1.807, 2.05) is 0 Å².